The maximum atomic E-state index is 13.0. The Morgan fingerprint density at radius 2 is 1.03 bits per heavy atom. The molecule has 0 saturated carbocycles. The zero-order valence-corrected chi connectivity index (χ0v) is 24.6. The average Bonchev–Trinajstić information content (AvgIpc) is 2.85. The highest BCUT2D eigenvalue weighted by molar-refractivity contribution is 5.72. The molecule has 0 aliphatic carbocycles. The van der Waals surface area contributed by atoms with Gasteiger partial charge >= 0.3 is 29.8 Å². The molecule has 0 bridgehead atoms. The summed E-state index contributed by atoms with van der Waals surface area (Å²) in [7, 11) is 0. The molecular weight excluding hydrogens is 512 g/mol. The van der Waals surface area contributed by atoms with Crippen LogP contribution < -0.4 is 0 Å². The summed E-state index contributed by atoms with van der Waals surface area (Å²) >= 11 is 0. The molecule has 0 aromatic carbocycles. The zero-order valence-electron chi connectivity index (χ0n) is 24.6. The van der Waals surface area contributed by atoms with E-state index < -0.39 is 60.6 Å². The normalized spacial score (nSPS) is 25.0. The molecule has 1 fully saturated rings. The minimum Gasteiger partial charge on any atom is -0.463 e. The second kappa shape index (κ2) is 17.1. The van der Waals surface area contributed by atoms with Gasteiger partial charge in [-0.05, 0) is 17.8 Å². The van der Waals surface area contributed by atoms with Crippen molar-refractivity contribution in [1.82, 2.24) is 0 Å². The second-order valence-electron chi connectivity index (χ2n) is 10.5. The van der Waals surface area contributed by atoms with Gasteiger partial charge in [0.15, 0.2) is 12.2 Å². The molecule has 1 heterocycles. The van der Waals surface area contributed by atoms with Crippen molar-refractivity contribution in [3.8, 4) is 0 Å². The first-order valence-electron chi connectivity index (χ1n) is 13.8. The van der Waals surface area contributed by atoms with E-state index in [-0.39, 0.29) is 43.6 Å². The van der Waals surface area contributed by atoms with Gasteiger partial charge in [-0.15, -0.1) is 0 Å². The van der Waals surface area contributed by atoms with Gasteiger partial charge in [0.05, 0.1) is 0 Å². The van der Waals surface area contributed by atoms with Crippen LogP contribution in [0.15, 0.2) is 0 Å². The van der Waals surface area contributed by atoms with Gasteiger partial charge in [0.2, 0.25) is 12.4 Å². The number of esters is 5. The molecule has 8 atom stereocenters. The van der Waals surface area contributed by atoms with E-state index in [0.717, 1.165) is 19.8 Å². The zero-order chi connectivity index (χ0) is 29.7. The Labute approximate surface area is 231 Å². The summed E-state index contributed by atoms with van der Waals surface area (Å²) < 4.78 is 33.6. The lowest BCUT2D eigenvalue weighted by atomic mass is 9.97. The van der Waals surface area contributed by atoms with Crippen LogP contribution in [0.2, 0.25) is 0 Å². The topological polar surface area (TPSA) is 141 Å². The van der Waals surface area contributed by atoms with Crippen LogP contribution in [0, 0.1) is 17.8 Å². The van der Waals surface area contributed by atoms with Crippen molar-refractivity contribution < 1.29 is 52.4 Å². The smallest absolute Gasteiger partial charge is 0.306 e. The summed E-state index contributed by atoms with van der Waals surface area (Å²) in [6.45, 7) is 13.4. The number of hydrogen-bond acceptors (Lipinski definition) is 11. The van der Waals surface area contributed by atoms with E-state index in [4.69, 9.17) is 28.4 Å². The quantitative estimate of drug-likeness (QED) is 0.213. The summed E-state index contributed by atoms with van der Waals surface area (Å²) in [4.78, 5) is 62.2. The van der Waals surface area contributed by atoms with Gasteiger partial charge in [-0.1, -0.05) is 60.8 Å². The molecule has 0 amide bonds. The van der Waals surface area contributed by atoms with Crippen molar-refractivity contribution in [1.29, 1.82) is 0 Å². The van der Waals surface area contributed by atoms with Crippen LogP contribution in [0.25, 0.3) is 0 Å². The summed E-state index contributed by atoms with van der Waals surface area (Å²) in [6, 6.07) is 0. The second-order valence-corrected chi connectivity index (χ2v) is 10.5. The van der Waals surface area contributed by atoms with Crippen LogP contribution >= 0.6 is 0 Å². The van der Waals surface area contributed by atoms with E-state index in [1.165, 1.54) is 6.92 Å². The first kappa shape index (κ1) is 34.3. The molecule has 1 aliphatic rings. The Balaban J connectivity index is 3.50. The minimum atomic E-state index is -1.50. The number of carbonyl (C=O) groups excluding carboxylic acids is 5. The van der Waals surface area contributed by atoms with Gasteiger partial charge in [-0.2, -0.15) is 0 Å². The van der Waals surface area contributed by atoms with Crippen molar-refractivity contribution in [3.63, 3.8) is 0 Å². The molecule has 0 aromatic heterocycles. The van der Waals surface area contributed by atoms with Gasteiger partial charge in [0.1, 0.15) is 12.7 Å². The molecule has 0 unspecified atom stereocenters. The van der Waals surface area contributed by atoms with E-state index in [2.05, 4.69) is 0 Å². The molecule has 0 N–H and O–H groups in total. The maximum absolute atomic E-state index is 13.0. The Bertz CT molecular complexity index is 826. The monoisotopic (exact) mass is 558 g/mol. The Morgan fingerprint density at radius 1 is 0.615 bits per heavy atom. The number of rotatable bonds is 15. The highest BCUT2D eigenvalue weighted by Gasteiger charge is 2.54. The van der Waals surface area contributed by atoms with E-state index in [0.29, 0.717) is 6.42 Å². The molecule has 224 valence electrons. The molecule has 1 aliphatic heterocycles. The van der Waals surface area contributed by atoms with E-state index in [1.54, 1.807) is 0 Å². The predicted octanol–water partition coefficient (Wildman–Crippen LogP) is 3.88. The summed E-state index contributed by atoms with van der Waals surface area (Å²) in [5, 5.41) is 0. The van der Waals surface area contributed by atoms with Gasteiger partial charge in [0.25, 0.3) is 0 Å². The molecule has 0 spiro atoms. The lowest BCUT2D eigenvalue weighted by Gasteiger charge is -2.44. The van der Waals surface area contributed by atoms with Gasteiger partial charge in [-0.25, -0.2) is 0 Å². The van der Waals surface area contributed by atoms with Crippen molar-refractivity contribution in [2.45, 2.75) is 125 Å². The third kappa shape index (κ3) is 12.4. The van der Waals surface area contributed by atoms with Crippen LogP contribution in [0.5, 0.6) is 0 Å². The summed E-state index contributed by atoms with van der Waals surface area (Å²) in [5.41, 5.74) is 0. The van der Waals surface area contributed by atoms with Crippen LogP contribution in [-0.2, 0) is 52.4 Å². The fourth-order valence-corrected chi connectivity index (χ4v) is 3.76. The molecule has 11 heteroatoms. The lowest BCUT2D eigenvalue weighted by Crippen LogP contribution is -2.63. The van der Waals surface area contributed by atoms with E-state index in [9.17, 15) is 24.0 Å². The van der Waals surface area contributed by atoms with Crippen molar-refractivity contribution in [2.75, 3.05) is 6.61 Å². The van der Waals surface area contributed by atoms with Crippen LogP contribution in [0.1, 0.15) is 93.9 Å². The Hall–Kier alpha value is -2.69. The Kier molecular flexibility index (Phi) is 15.1. The maximum Gasteiger partial charge on any atom is 0.306 e. The average molecular weight is 559 g/mol. The van der Waals surface area contributed by atoms with Gasteiger partial charge < -0.3 is 28.4 Å². The third-order valence-corrected chi connectivity index (χ3v) is 6.76. The fraction of sp³-hybridized carbons (Fsp3) is 0.821. The molecule has 11 nitrogen and oxygen atoms in total. The molecule has 0 aromatic rings. The molecule has 1 saturated heterocycles. The standard InChI is InChI=1S/C28H46O11/c1-9-16(4)12-22(31)37-25-21(15-34-19(7)29)36-28(35-20(8)30)27(39-24(33)14-18(6)11-3)26(25)38-23(32)13-17(5)10-2/h16-18,21,25-28H,9-15H2,1-8H3/t16-,17-,18-,21+,25+,26-,27+,28+/m0/s1. The van der Waals surface area contributed by atoms with Crippen molar-refractivity contribution in [2.24, 2.45) is 17.8 Å². The highest BCUT2D eigenvalue weighted by atomic mass is 16.7. The summed E-state index contributed by atoms with van der Waals surface area (Å²) in [6.07, 6.45) is -4.45. The minimum absolute atomic E-state index is 0.00135. The first-order valence-corrected chi connectivity index (χ1v) is 13.8. The lowest BCUT2D eigenvalue weighted by molar-refractivity contribution is -0.301. The van der Waals surface area contributed by atoms with Crippen molar-refractivity contribution in [3.05, 3.63) is 0 Å². The molecular formula is C28H46O11. The van der Waals surface area contributed by atoms with E-state index in [1.807, 2.05) is 41.5 Å². The van der Waals surface area contributed by atoms with Gasteiger partial charge in [-0.3, -0.25) is 24.0 Å². The SMILES string of the molecule is CC[C@H](C)CC(=O)O[C@@H]1[C@@H](OC(=O)C[C@@H](C)CC)[C@H](OC(C)=O)O[C@H](COC(C)=O)[C@H]1OC(=O)C[C@@H](C)CC. The number of hydrogen-bond donors (Lipinski definition) is 0. The molecule has 39 heavy (non-hydrogen) atoms. The highest BCUT2D eigenvalue weighted by Crippen LogP contribution is 2.31. The first-order chi connectivity index (χ1) is 18.3. The van der Waals surface area contributed by atoms with Crippen molar-refractivity contribution >= 4 is 29.8 Å². The Morgan fingerprint density at radius 3 is 1.41 bits per heavy atom. The van der Waals surface area contributed by atoms with Crippen LogP contribution in [-0.4, -0.2) is 67.2 Å². The number of carbonyl (C=O) groups is 5. The summed E-state index contributed by atoms with van der Waals surface area (Å²) in [5.74, 6) is -3.19. The molecule has 1 rings (SSSR count). The predicted molar refractivity (Wildman–Crippen MR) is 139 cm³/mol. The third-order valence-electron chi connectivity index (χ3n) is 6.76. The molecule has 0 radical (unpaired) electrons. The van der Waals surface area contributed by atoms with E-state index >= 15 is 0 Å². The van der Waals surface area contributed by atoms with Gasteiger partial charge in [0, 0.05) is 33.1 Å². The van der Waals surface area contributed by atoms with Crippen LogP contribution in [0.4, 0.5) is 0 Å². The number of ether oxygens (including phenoxy) is 6. The fourth-order valence-electron chi connectivity index (χ4n) is 3.76. The van der Waals surface area contributed by atoms with Crippen LogP contribution in [0.3, 0.4) is 0 Å². The largest absolute Gasteiger partial charge is 0.463 e.